The summed E-state index contributed by atoms with van der Waals surface area (Å²) in [5.74, 6) is -0.582. The van der Waals surface area contributed by atoms with E-state index in [1.807, 2.05) is 0 Å². The number of hydrogen-bond acceptors (Lipinski definition) is 4. The Bertz CT molecular complexity index is 1240. The number of alkyl halides is 8. The molecule has 38 heavy (non-hydrogen) atoms. The van der Waals surface area contributed by atoms with E-state index in [2.05, 4.69) is 9.47 Å². The van der Waals surface area contributed by atoms with Gasteiger partial charge in [0.25, 0.3) is 0 Å². The summed E-state index contributed by atoms with van der Waals surface area (Å²) in [6.07, 6.45) is -11.8. The molecular weight excluding hydrogens is 526 g/mol. The smallest absolute Gasteiger partial charge is 0.435 e. The predicted molar refractivity (Wildman–Crippen MR) is 122 cm³/mol. The minimum atomic E-state index is -4.91. The molecular formula is C26H21F8NO3. The number of β-amino-alcohol motifs (C(OH)–C–C–N with tert-alkyl or cyclic N) is 1. The first-order valence-corrected chi connectivity index (χ1v) is 11.4. The van der Waals surface area contributed by atoms with Gasteiger partial charge >= 0.3 is 19.2 Å². The average Bonchev–Trinajstić information content (AvgIpc) is 2.82. The lowest BCUT2D eigenvalue weighted by Gasteiger charge is -2.41. The Hall–Kier alpha value is -3.54. The molecule has 2 unspecified atom stereocenters. The second kappa shape index (κ2) is 10.7. The molecule has 0 radical (unpaired) electrons. The maximum absolute atomic E-state index is 13.3. The molecule has 0 saturated carbocycles. The van der Waals surface area contributed by atoms with Crippen LogP contribution in [0.1, 0.15) is 23.6 Å². The monoisotopic (exact) mass is 547 g/mol. The van der Waals surface area contributed by atoms with Crippen LogP contribution in [0.25, 0.3) is 11.1 Å². The number of aliphatic hydroxyl groups excluding tert-OH is 1. The molecule has 1 N–H and O–H groups in total. The Kier molecular flexibility index (Phi) is 7.73. The van der Waals surface area contributed by atoms with Crippen molar-refractivity contribution in [2.24, 2.45) is 0 Å². The molecule has 0 spiro atoms. The van der Waals surface area contributed by atoms with Gasteiger partial charge in [-0.15, -0.1) is 13.2 Å². The summed E-state index contributed by atoms with van der Waals surface area (Å²) in [6, 6.07) is 14.9. The highest BCUT2D eigenvalue weighted by molar-refractivity contribution is 5.76. The van der Waals surface area contributed by atoms with Crippen LogP contribution < -0.4 is 14.4 Å². The predicted octanol–water partition coefficient (Wildman–Crippen LogP) is 7.27. The minimum absolute atomic E-state index is 0.158. The fourth-order valence-electron chi connectivity index (χ4n) is 4.58. The van der Waals surface area contributed by atoms with E-state index in [0.717, 1.165) is 12.1 Å². The lowest BCUT2D eigenvalue weighted by atomic mass is 9.86. The van der Waals surface area contributed by atoms with Crippen molar-refractivity contribution in [3.05, 3.63) is 77.9 Å². The van der Waals surface area contributed by atoms with Gasteiger partial charge < -0.3 is 19.5 Å². The molecule has 0 amide bonds. The van der Waals surface area contributed by atoms with Crippen LogP contribution in [0.15, 0.2) is 66.7 Å². The van der Waals surface area contributed by atoms with Crippen molar-refractivity contribution in [1.82, 2.24) is 0 Å². The number of rotatable bonds is 7. The van der Waals surface area contributed by atoms with Gasteiger partial charge in [-0.1, -0.05) is 36.4 Å². The van der Waals surface area contributed by atoms with Gasteiger partial charge in [-0.2, -0.15) is 22.0 Å². The average molecular weight is 547 g/mol. The SMILES string of the molecule is OC(CN1c2cccc(-c3ccc(OC(F)(F)F)cc3)c2CCC1c1cccc(OC(F)F)c1)C(F)(F)F. The lowest BCUT2D eigenvalue weighted by Crippen LogP contribution is -2.44. The van der Waals surface area contributed by atoms with E-state index in [9.17, 15) is 40.2 Å². The lowest BCUT2D eigenvalue weighted by molar-refractivity contribution is -0.274. The molecule has 1 aliphatic rings. The molecule has 0 aliphatic carbocycles. The third kappa shape index (κ3) is 6.47. The first-order chi connectivity index (χ1) is 17.8. The van der Waals surface area contributed by atoms with Crippen molar-refractivity contribution >= 4 is 5.69 Å². The van der Waals surface area contributed by atoms with Crippen molar-refractivity contribution in [2.75, 3.05) is 11.4 Å². The molecule has 0 fully saturated rings. The van der Waals surface area contributed by atoms with Crippen molar-refractivity contribution in [3.8, 4) is 22.6 Å². The van der Waals surface area contributed by atoms with Crippen LogP contribution in [0.4, 0.5) is 40.8 Å². The van der Waals surface area contributed by atoms with E-state index < -0.39 is 43.6 Å². The van der Waals surface area contributed by atoms with E-state index in [1.165, 1.54) is 35.2 Å². The molecule has 3 aromatic carbocycles. The summed E-state index contributed by atoms with van der Waals surface area (Å²) in [4.78, 5) is 1.36. The minimum Gasteiger partial charge on any atom is -0.435 e. The first kappa shape index (κ1) is 27.5. The maximum atomic E-state index is 13.3. The number of halogens is 8. The second-order valence-electron chi connectivity index (χ2n) is 8.59. The highest BCUT2D eigenvalue weighted by atomic mass is 19.4. The van der Waals surface area contributed by atoms with Crippen LogP contribution in [-0.2, 0) is 6.42 Å². The topological polar surface area (TPSA) is 41.9 Å². The first-order valence-electron chi connectivity index (χ1n) is 11.4. The quantitative estimate of drug-likeness (QED) is 0.316. The zero-order valence-corrected chi connectivity index (χ0v) is 19.4. The summed E-state index contributed by atoms with van der Waals surface area (Å²) in [7, 11) is 0. The molecule has 1 aliphatic heterocycles. The normalized spacial score (nSPS) is 16.8. The third-order valence-corrected chi connectivity index (χ3v) is 6.12. The fraction of sp³-hybridized carbons (Fsp3) is 0.308. The summed E-state index contributed by atoms with van der Waals surface area (Å²) < 4.78 is 111. The van der Waals surface area contributed by atoms with Gasteiger partial charge in [0, 0.05) is 5.69 Å². The molecule has 3 aromatic rings. The van der Waals surface area contributed by atoms with Crippen molar-refractivity contribution in [1.29, 1.82) is 0 Å². The van der Waals surface area contributed by atoms with E-state index in [4.69, 9.17) is 0 Å². The number of benzene rings is 3. The number of hydrogen-bond donors (Lipinski definition) is 1. The molecule has 12 heteroatoms. The highest BCUT2D eigenvalue weighted by Crippen LogP contribution is 2.44. The maximum Gasteiger partial charge on any atom is 0.573 e. The van der Waals surface area contributed by atoms with Gasteiger partial charge in [-0.3, -0.25) is 0 Å². The van der Waals surface area contributed by atoms with E-state index in [0.29, 0.717) is 34.4 Å². The van der Waals surface area contributed by atoms with E-state index >= 15 is 0 Å². The van der Waals surface area contributed by atoms with Gasteiger partial charge in [0.1, 0.15) is 11.5 Å². The van der Waals surface area contributed by atoms with Gasteiger partial charge in [0.05, 0.1) is 12.6 Å². The van der Waals surface area contributed by atoms with Gasteiger partial charge in [-0.05, 0) is 65.4 Å². The number of aliphatic hydroxyl groups is 1. The van der Waals surface area contributed by atoms with E-state index in [-0.39, 0.29) is 12.2 Å². The van der Waals surface area contributed by atoms with Crippen molar-refractivity contribution < 1.29 is 49.7 Å². The van der Waals surface area contributed by atoms with Crippen molar-refractivity contribution in [3.63, 3.8) is 0 Å². The van der Waals surface area contributed by atoms with E-state index in [1.54, 1.807) is 24.3 Å². The Morgan fingerprint density at radius 3 is 2.21 bits per heavy atom. The molecule has 4 nitrogen and oxygen atoms in total. The van der Waals surface area contributed by atoms with Crippen LogP contribution in [0.2, 0.25) is 0 Å². The largest absolute Gasteiger partial charge is 0.573 e. The molecule has 4 rings (SSSR count). The zero-order valence-electron chi connectivity index (χ0n) is 19.4. The third-order valence-electron chi connectivity index (χ3n) is 6.12. The summed E-state index contributed by atoms with van der Waals surface area (Å²) in [5, 5.41) is 9.92. The Morgan fingerprint density at radius 2 is 1.58 bits per heavy atom. The number of ether oxygens (including phenoxy) is 2. The summed E-state index contributed by atoms with van der Waals surface area (Å²) >= 11 is 0. The van der Waals surface area contributed by atoms with Crippen molar-refractivity contribution in [2.45, 2.75) is 44.1 Å². The molecule has 0 bridgehead atoms. The Labute approximate surface area is 212 Å². The highest BCUT2D eigenvalue weighted by Gasteiger charge is 2.42. The fourth-order valence-corrected chi connectivity index (χ4v) is 4.58. The Balaban J connectivity index is 1.73. The Morgan fingerprint density at radius 1 is 0.895 bits per heavy atom. The van der Waals surface area contributed by atoms with Crippen LogP contribution in [0.3, 0.4) is 0 Å². The summed E-state index contributed by atoms with van der Waals surface area (Å²) in [5.41, 5.74) is 2.52. The molecule has 0 aromatic heterocycles. The molecule has 2 atom stereocenters. The second-order valence-corrected chi connectivity index (χ2v) is 8.59. The van der Waals surface area contributed by atoms with Gasteiger partial charge in [0.15, 0.2) is 6.10 Å². The number of anilines is 1. The number of nitrogens with zero attached hydrogens (tertiary/aromatic N) is 1. The molecule has 204 valence electrons. The standard InChI is InChI=1S/C26H21F8NO3/c27-24(28)37-18-4-1-3-16(13-18)21-12-11-20-19(15-7-9-17(10-8-15)38-26(32,33)34)5-2-6-22(20)35(21)14-23(36)25(29,30)31/h1-10,13,21,23-24,36H,11-12,14H2. The van der Waals surface area contributed by atoms with Gasteiger partial charge in [-0.25, -0.2) is 0 Å². The number of fused-ring (bicyclic) bond motifs is 1. The summed E-state index contributed by atoms with van der Waals surface area (Å²) in [6.45, 7) is -3.92. The molecule has 1 heterocycles. The molecule has 0 saturated heterocycles. The van der Waals surface area contributed by atoms with Crippen LogP contribution in [0.5, 0.6) is 11.5 Å². The van der Waals surface area contributed by atoms with Crippen LogP contribution in [-0.4, -0.2) is 36.9 Å². The zero-order chi connectivity index (χ0) is 27.7. The van der Waals surface area contributed by atoms with Gasteiger partial charge in [0.2, 0.25) is 0 Å². The van der Waals surface area contributed by atoms with Crippen LogP contribution >= 0.6 is 0 Å². The van der Waals surface area contributed by atoms with Crippen LogP contribution in [0, 0.1) is 0 Å².